The first-order valence-corrected chi connectivity index (χ1v) is 10.3. The Balaban J connectivity index is 1.50. The van der Waals surface area contributed by atoms with Crippen molar-refractivity contribution >= 4 is 10.8 Å². The molecule has 3 rings (SSSR count). The number of aryl methyl sites for hydroxylation is 1. The van der Waals surface area contributed by atoms with E-state index in [1.807, 2.05) is 0 Å². The fraction of sp³-hybridized carbons (Fsp3) is 0.583. The zero-order valence-electron chi connectivity index (χ0n) is 15.7. The summed E-state index contributed by atoms with van der Waals surface area (Å²) in [6.45, 7) is 4.48. The maximum absolute atomic E-state index is 2.45. The Morgan fingerprint density at radius 1 is 0.792 bits per heavy atom. The number of benzene rings is 2. The molecule has 0 radical (unpaired) electrons. The minimum atomic E-state index is 0.798. The Kier molecular flexibility index (Phi) is 6.35. The molecule has 0 atom stereocenters. The van der Waals surface area contributed by atoms with Crippen molar-refractivity contribution < 1.29 is 0 Å². The Morgan fingerprint density at radius 3 is 2.29 bits per heavy atom. The van der Waals surface area contributed by atoms with E-state index in [2.05, 4.69) is 50.2 Å². The van der Waals surface area contributed by atoms with Crippen molar-refractivity contribution in [1.29, 1.82) is 0 Å². The van der Waals surface area contributed by atoms with Crippen molar-refractivity contribution in [3.05, 3.63) is 47.5 Å². The van der Waals surface area contributed by atoms with Crippen LogP contribution in [-0.4, -0.2) is 0 Å². The van der Waals surface area contributed by atoms with Crippen LogP contribution in [0.1, 0.15) is 88.2 Å². The molecule has 0 aromatic heterocycles. The monoisotopic (exact) mass is 322 g/mol. The maximum Gasteiger partial charge on any atom is -0.0162 e. The zero-order valence-corrected chi connectivity index (χ0v) is 15.7. The molecule has 0 heteroatoms. The van der Waals surface area contributed by atoms with Crippen LogP contribution in [-0.2, 0) is 0 Å². The molecule has 0 saturated heterocycles. The highest BCUT2D eigenvalue weighted by Crippen LogP contribution is 2.38. The molecular weight excluding hydrogens is 288 g/mol. The van der Waals surface area contributed by atoms with E-state index in [0.29, 0.717) is 0 Å². The van der Waals surface area contributed by atoms with Crippen molar-refractivity contribution in [2.24, 2.45) is 5.92 Å². The predicted octanol–water partition coefficient (Wildman–Crippen LogP) is 7.78. The van der Waals surface area contributed by atoms with Crippen LogP contribution in [0.25, 0.3) is 10.8 Å². The molecule has 0 unspecified atom stereocenters. The zero-order chi connectivity index (χ0) is 16.8. The summed E-state index contributed by atoms with van der Waals surface area (Å²) in [6, 6.07) is 14.0. The van der Waals surface area contributed by atoms with Gasteiger partial charge in [0.1, 0.15) is 0 Å². The molecule has 0 bridgehead atoms. The Morgan fingerprint density at radius 2 is 1.50 bits per heavy atom. The van der Waals surface area contributed by atoms with Crippen LogP contribution in [0.2, 0.25) is 0 Å². The van der Waals surface area contributed by atoms with Gasteiger partial charge in [0.05, 0.1) is 0 Å². The van der Waals surface area contributed by atoms with Crippen molar-refractivity contribution in [3.63, 3.8) is 0 Å². The summed E-state index contributed by atoms with van der Waals surface area (Å²) in [6.07, 6.45) is 14.3. The number of hydrogen-bond acceptors (Lipinski definition) is 0. The van der Waals surface area contributed by atoms with Crippen molar-refractivity contribution in [2.45, 2.75) is 84.0 Å². The van der Waals surface area contributed by atoms with E-state index in [0.717, 1.165) is 11.8 Å². The van der Waals surface area contributed by atoms with Gasteiger partial charge in [-0.2, -0.15) is 0 Å². The van der Waals surface area contributed by atoms with Gasteiger partial charge in [0, 0.05) is 0 Å². The number of rotatable bonds is 7. The molecule has 0 nitrogen and oxygen atoms in total. The fourth-order valence-corrected chi connectivity index (χ4v) is 4.46. The highest BCUT2D eigenvalue weighted by Gasteiger charge is 2.22. The highest BCUT2D eigenvalue weighted by atomic mass is 14.3. The molecule has 2 aromatic rings. The smallest absolute Gasteiger partial charge is 0.0162 e. The molecule has 0 amide bonds. The molecule has 1 saturated carbocycles. The average Bonchev–Trinajstić information content (AvgIpc) is 2.62. The molecular formula is C24H34. The number of hydrogen-bond donors (Lipinski definition) is 0. The van der Waals surface area contributed by atoms with Gasteiger partial charge in [-0.25, -0.2) is 0 Å². The third-order valence-corrected chi connectivity index (χ3v) is 6.05. The fourth-order valence-electron chi connectivity index (χ4n) is 4.46. The van der Waals surface area contributed by atoms with Gasteiger partial charge in [-0.1, -0.05) is 87.4 Å². The predicted molar refractivity (Wildman–Crippen MR) is 107 cm³/mol. The first-order valence-electron chi connectivity index (χ1n) is 10.3. The van der Waals surface area contributed by atoms with Gasteiger partial charge in [-0.05, 0) is 60.8 Å². The molecule has 0 spiro atoms. The summed E-state index contributed by atoms with van der Waals surface area (Å²) in [5.41, 5.74) is 2.93. The molecule has 1 aliphatic rings. The lowest BCUT2D eigenvalue weighted by molar-refractivity contribution is 0.302. The van der Waals surface area contributed by atoms with E-state index >= 15 is 0 Å². The molecule has 2 aromatic carbocycles. The van der Waals surface area contributed by atoms with Gasteiger partial charge in [0.25, 0.3) is 0 Å². The largest absolute Gasteiger partial charge is 0.0654 e. The van der Waals surface area contributed by atoms with E-state index in [9.17, 15) is 0 Å². The van der Waals surface area contributed by atoms with Crippen LogP contribution in [0.5, 0.6) is 0 Å². The molecule has 130 valence electrons. The van der Waals surface area contributed by atoms with Gasteiger partial charge in [0.2, 0.25) is 0 Å². The standard InChI is InChI=1S/C24H34/c1-3-4-5-6-7-8-20-10-13-21(14-11-20)23-16-15-22-17-19(2)9-12-24(22)18-23/h9,12,15-18,20-21H,3-8,10-11,13-14H2,1-2H3. The minimum Gasteiger partial charge on any atom is -0.0654 e. The lowest BCUT2D eigenvalue weighted by Gasteiger charge is -2.29. The lowest BCUT2D eigenvalue weighted by atomic mass is 9.76. The summed E-state index contributed by atoms with van der Waals surface area (Å²) in [5.74, 6) is 1.80. The van der Waals surface area contributed by atoms with Crippen LogP contribution in [0.15, 0.2) is 36.4 Å². The van der Waals surface area contributed by atoms with E-state index in [1.165, 1.54) is 80.5 Å². The van der Waals surface area contributed by atoms with Gasteiger partial charge in [-0.15, -0.1) is 0 Å². The van der Waals surface area contributed by atoms with E-state index in [1.54, 1.807) is 5.56 Å². The molecule has 24 heavy (non-hydrogen) atoms. The third kappa shape index (κ3) is 4.62. The molecule has 1 aliphatic carbocycles. The third-order valence-electron chi connectivity index (χ3n) is 6.05. The van der Waals surface area contributed by atoms with Crippen LogP contribution >= 0.6 is 0 Å². The average molecular weight is 323 g/mol. The highest BCUT2D eigenvalue weighted by molar-refractivity contribution is 5.83. The Bertz CT molecular complexity index is 632. The second-order valence-electron chi connectivity index (χ2n) is 8.03. The van der Waals surface area contributed by atoms with Crippen LogP contribution < -0.4 is 0 Å². The molecule has 0 heterocycles. The van der Waals surface area contributed by atoms with Crippen molar-refractivity contribution in [2.75, 3.05) is 0 Å². The first kappa shape index (κ1) is 17.5. The summed E-state index contributed by atoms with van der Waals surface area (Å²) >= 11 is 0. The SMILES string of the molecule is CCCCCCCC1CCC(c2ccc3cc(C)ccc3c2)CC1. The van der Waals surface area contributed by atoms with Gasteiger partial charge >= 0.3 is 0 Å². The molecule has 0 N–H and O–H groups in total. The first-order chi connectivity index (χ1) is 11.8. The van der Waals surface area contributed by atoms with Gasteiger partial charge in [0.15, 0.2) is 0 Å². The van der Waals surface area contributed by atoms with E-state index in [4.69, 9.17) is 0 Å². The Labute approximate surface area is 148 Å². The summed E-state index contributed by atoms with van der Waals surface area (Å²) in [7, 11) is 0. The van der Waals surface area contributed by atoms with E-state index in [-0.39, 0.29) is 0 Å². The van der Waals surface area contributed by atoms with Crippen LogP contribution in [0.3, 0.4) is 0 Å². The van der Waals surface area contributed by atoms with Gasteiger partial charge < -0.3 is 0 Å². The van der Waals surface area contributed by atoms with E-state index < -0.39 is 0 Å². The van der Waals surface area contributed by atoms with Gasteiger partial charge in [-0.3, -0.25) is 0 Å². The summed E-state index contributed by atoms with van der Waals surface area (Å²) in [5, 5.41) is 2.80. The molecule has 1 fully saturated rings. The van der Waals surface area contributed by atoms with Crippen LogP contribution in [0, 0.1) is 12.8 Å². The topological polar surface area (TPSA) is 0 Å². The van der Waals surface area contributed by atoms with Crippen LogP contribution in [0.4, 0.5) is 0 Å². The minimum absolute atomic E-state index is 0.798. The summed E-state index contributed by atoms with van der Waals surface area (Å²) in [4.78, 5) is 0. The number of unbranched alkanes of at least 4 members (excludes halogenated alkanes) is 4. The maximum atomic E-state index is 2.45. The van der Waals surface area contributed by atoms with Crippen molar-refractivity contribution in [3.8, 4) is 0 Å². The molecule has 0 aliphatic heterocycles. The second kappa shape index (κ2) is 8.70. The summed E-state index contributed by atoms with van der Waals surface area (Å²) < 4.78 is 0. The quantitative estimate of drug-likeness (QED) is 0.456. The Hall–Kier alpha value is -1.30. The number of fused-ring (bicyclic) bond motifs is 1. The normalized spacial score (nSPS) is 21.2. The second-order valence-corrected chi connectivity index (χ2v) is 8.03. The lowest BCUT2D eigenvalue weighted by Crippen LogP contribution is -2.13. The van der Waals surface area contributed by atoms with Crippen molar-refractivity contribution in [1.82, 2.24) is 0 Å².